The molecule has 4 N–H and O–H groups in total. The number of carbonyl (C=O) groups is 4. The monoisotopic (exact) mass is 755 g/mol. The smallest absolute Gasteiger partial charge is 0.252 e. The van der Waals surface area contributed by atoms with E-state index in [2.05, 4.69) is 49.0 Å². The number of hydrogen-bond acceptors (Lipinski definition) is 4. The molecule has 0 aliphatic heterocycles. The Morgan fingerprint density at radius 1 is 0.296 bits per heavy atom. The molecule has 0 bridgehead atoms. The van der Waals surface area contributed by atoms with Gasteiger partial charge in [0.15, 0.2) is 0 Å². The van der Waals surface area contributed by atoms with Gasteiger partial charge >= 0.3 is 0 Å². The minimum Gasteiger partial charge on any atom is -0.352 e. The van der Waals surface area contributed by atoms with Crippen molar-refractivity contribution in [1.29, 1.82) is 0 Å². The number of rotatable bonds is 36. The van der Waals surface area contributed by atoms with Gasteiger partial charge in [-0.2, -0.15) is 0 Å². The topological polar surface area (TPSA) is 116 Å². The lowest BCUT2D eigenvalue weighted by Gasteiger charge is -2.17. The lowest BCUT2D eigenvalue weighted by atomic mass is 9.95. The highest BCUT2D eigenvalue weighted by Crippen LogP contribution is 2.20. The van der Waals surface area contributed by atoms with E-state index in [1.54, 1.807) is 0 Å². The standard InChI is InChI=1S/C46H82N4O4/c1-5-9-13-17-21-25-29-33-47-43(51)39-37-41(45(53)49-35-31-27-23-19-15-11-7-3)42(46(54)50-36-32-28-24-20-16-12-8-4)38-40(39)44(52)48-34-30-26-22-18-14-10-6-2/h37-38H,5-36H2,1-4H3,(H,47,51)(H,48,52)(H,49,53)(H,50,54). The van der Waals surface area contributed by atoms with Crippen molar-refractivity contribution < 1.29 is 19.2 Å². The lowest BCUT2D eigenvalue weighted by molar-refractivity contribution is 0.0907. The summed E-state index contributed by atoms with van der Waals surface area (Å²) >= 11 is 0. The van der Waals surface area contributed by atoms with Crippen LogP contribution >= 0.6 is 0 Å². The van der Waals surface area contributed by atoms with Gasteiger partial charge in [0.05, 0.1) is 22.3 Å². The molecule has 0 spiro atoms. The van der Waals surface area contributed by atoms with Crippen LogP contribution in [0.1, 0.15) is 249 Å². The molecule has 8 heteroatoms. The van der Waals surface area contributed by atoms with E-state index in [-0.39, 0.29) is 22.3 Å². The maximum atomic E-state index is 13.7. The van der Waals surface area contributed by atoms with Gasteiger partial charge < -0.3 is 21.3 Å². The second-order valence-electron chi connectivity index (χ2n) is 15.5. The fourth-order valence-electron chi connectivity index (χ4n) is 6.87. The van der Waals surface area contributed by atoms with Crippen LogP contribution in [0, 0.1) is 0 Å². The summed E-state index contributed by atoms with van der Waals surface area (Å²) in [6, 6.07) is 2.96. The first-order chi connectivity index (χ1) is 26.4. The first-order valence-electron chi connectivity index (χ1n) is 22.7. The molecular weight excluding hydrogens is 673 g/mol. The predicted molar refractivity (Wildman–Crippen MR) is 228 cm³/mol. The van der Waals surface area contributed by atoms with Crippen LogP contribution in [0.25, 0.3) is 0 Å². The van der Waals surface area contributed by atoms with Crippen molar-refractivity contribution in [1.82, 2.24) is 21.3 Å². The normalized spacial score (nSPS) is 11.0. The molecule has 0 unspecified atom stereocenters. The highest BCUT2D eigenvalue weighted by Gasteiger charge is 2.26. The molecule has 0 aliphatic rings. The van der Waals surface area contributed by atoms with Crippen molar-refractivity contribution in [2.75, 3.05) is 26.2 Å². The fraction of sp³-hybridized carbons (Fsp3) is 0.783. The van der Waals surface area contributed by atoms with Gasteiger partial charge in [-0.15, -0.1) is 0 Å². The van der Waals surface area contributed by atoms with Crippen molar-refractivity contribution in [3.8, 4) is 0 Å². The molecule has 0 saturated heterocycles. The van der Waals surface area contributed by atoms with Gasteiger partial charge in [-0.05, 0) is 37.8 Å². The minimum atomic E-state index is -0.391. The van der Waals surface area contributed by atoms with Gasteiger partial charge in [0.1, 0.15) is 0 Å². The third-order valence-corrected chi connectivity index (χ3v) is 10.4. The molecule has 8 nitrogen and oxygen atoms in total. The molecule has 0 saturated carbocycles. The Hall–Kier alpha value is -2.90. The molecule has 1 aromatic rings. The molecule has 310 valence electrons. The van der Waals surface area contributed by atoms with Crippen molar-refractivity contribution in [2.45, 2.75) is 207 Å². The van der Waals surface area contributed by atoms with E-state index in [1.165, 1.54) is 115 Å². The zero-order valence-electron chi connectivity index (χ0n) is 35.4. The van der Waals surface area contributed by atoms with E-state index in [0.717, 1.165) is 77.0 Å². The second kappa shape index (κ2) is 34.6. The first kappa shape index (κ1) is 49.1. The Labute approximate surface area is 331 Å². The average molecular weight is 755 g/mol. The zero-order chi connectivity index (χ0) is 39.5. The molecule has 0 aliphatic carbocycles. The molecule has 0 fully saturated rings. The Kier molecular flexibility index (Phi) is 31.5. The van der Waals surface area contributed by atoms with Gasteiger partial charge in [0.2, 0.25) is 0 Å². The van der Waals surface area contributed by atoms with E-state index >= 15 is 0 Å². The van der Waals surface area contributed by atoms with E-state index in [0.29, 0.717) is 26.2 Å². The summed E-state index contributed by atoms with van der Waals surface area (Å²) in [6.07, 6.45) is 31.7. The summed E-state index contributed by atoms with van der Waals surface area (Å²) in [6.45, 7) is 10.8. The van der Waals surface area contributed by atoms with Gasteiger partial charge in [0, 0.05) is 26.2 Å². The summed E-state index contributed by atoms with van der Waals surface area (Å²) in [4.78, 5) is 54.9. The predicted octanol–water partition coefficient (Wildman–Crippen LogP) is 11.6. The molecule has 1 rings (SSSR count). The first-order valence-corrected chi connectivity index (χ1v) is 22.7. The van der Waals surface area contributed by atoms with Crippen molar-refractivity contribution in [3.05, 3.63) is 34.4 Å². The summed E-state index contributed by atoms with van der Waals surface area (Å²) in [5.74, 6) is -1.56. The van der Waals surface area contributed by atoms with E-state index in [4.69, 9.17) is 0 Å². The fourth-order valence-corrected chi connectivity index (χ4v) is 6.87. The maximum absolute atomic E-state index is 13.7. The maximum Gasteiger partial charge on any atom is 0.252 e. The third-order valence-electron chi connectivity index (χ3n) is 10.4. The summed E-state index contributed by atoms with van der Waals surface area (Å²) in [5.41, 5.74) is 0.554. The van der Waals surface area contributed by atoms with Crippen LogP contribution in [0.15, 0.2) is 12.1 Å². The van der Waals surface area contributed by atoms with Crippen LogP contribution < -0.4 is 21.3 Å². The van der Waals surface area contributed by atoms with Gasteiger partial charge in [-0.25, -0.2) is 0 Å². The van der Waals surface area contributed by atoms with Crippen molar-refractivity contribution in [2.24, 2.45) is 0 Å². The number of amides is 4. The van der Waals surface area contributed by atoms with E-state index < -0.39 is 23.6 Å². The van der Waals surface area contributed by atoms with Crippen LogP contribution in [0.5, 0.6) is 0 Å². The van der Waals surface area contributed by atoms with Gasteiger partial charge in [-0.3, -0.25) is 19.2 Å². The number of hydrogen-bond donors (Lipinski definition) is 4. The summed E-state index contributed by atoms with van der Waals surface area (Å²) < 4.78 is 0. The van der Waals surface area contributed by atoms with Gasteiger partial charge in [0.25, 0.3) is 23.6 Å². The number of carbonyl (C=O) groups excluding carboxylic acids is 4. The van der Waals surface area contributed by atoms with Gasteiger partial charge in [-0.1, -0.05) is 182 Å². The zero-order valence-corrected chi connectivity index (χ0v) is 35.4. The Balaban J connectivity index is 3.17. The van der Waals surface area contributed by atoms with E-state index in [1.807, 2.05) is 0 Å². The second-order valence-corrected chi connectivity index (χ2v) is 15.5. The van der Waals surface area contributed by atoms with Crippen LogP contribution in [-0.2, 0) is 0 Å². The molecule has 4 amide bonds. The average Bonchev–Trinajstić information content (AvgIpc) is 3.18. The quantitative estimate of drug-likeness (QED) is 0.0510. The molecule has 0 aromatic heterocycles. The Bertz CT molecular complexity index is 968. The minimum absolute atomic E-state index is 0.139. The largest absolute Gasteiger partial charge is 0.352 e. The highest BCUT2D eigenvalue weighted by molar-refractivity contribution is 6.14. The third kappa shape index (κ3) is 23.8. The lowest BCUT2D eigenvalue weighted by Crippen LogP contribution is -2.34. The Morgan fingerprint density at radius 3 is 0.648 bits per heavy atom. The number of nitrogens with one attached hydrogen (secondary N) is 4. The van der Waals surface area contributed by atoms with Crippen LogP contribution in [-0.4, -0.2) is 49.8 Å². The molecule has 0 radical (unpaired) electrons. The van der Waals surface area contributed by atoms with Crippen LogP contribution in [0.4, 0.5) is 0 Å². The molecule has 0 atom stereocenters. The van der Waals surface area contributed by atoms with Crippen LogP contribution in [0.2, 0.25) is 0 Å². The molecule has 0 heterocycles. The molecule has 54 heavy (non-hydrogen) atoms. The van der Waals surface area contributed by atoms with Crippen molar-refractivity contribution in [3.63, 3.8) is 0 Å². The van der Waals surface area contributed by atoms with Crippen molar-refractivity contribution >= 4 is 23.6 Å². The van der Waals surface area contributed by atoms with E-state index in [9.17, 15) is 19.2 Å². The molecular formula is C46H82N4O4. The molecule has 1 aromatic carbocycles. The summed E-state index contributed by atoms with van der Waals surface area (Å²) in [7, 11) is 0. The Morgan fingerprint density at radius 2 is 0.463 bits per heavy atom. The summed E-state index contributed by atoms with van der Waals surface area (Å²) in [5, 5.41) is 12.0. The number of benzene rings is 1. The van der Waals surface area contributed by atoms with Crippen LogP contribution in [0.3, 0.4) is 0 Å². The highest BCUT2D eigenvalue weighted by atomic mass is 16.2. The SMILES string of the molecule is CCCCCCCCCNC(=O)c1cc(C(=O)NCCCCCCCCC)c(C(=O)NCCCCCCCCC)cc1C(=O)NCCCCCCCCC. The number of unbranched alkanes of at least 4 members (excludes halogenated alkanes) is 24.